The number of nitrogens with one attached hydrogen (secondary N) is 4. The van der Waals surface area contributed by atoms with Gasteiger partial charge in [0.25, 0.3) is 0 Å². The van der Waals surface area contributed by atoms with E-state index in [1.165, 1.54) is 11.3 Å². The number of benzene rings is 3. The van der Waals surface area contributed by atoms with Crippen LogP contribution in [0.15, 0.2) is 84.9 Å². The van der Waals surface area contributed by atoms with Gasteiger partial charge in [-0.3, -0.25) is 4.79 Å². The molecule has 4 rings (SSSR count). The fourth-order valence-electron chi connectivity index (χ4n) is 5.63. The number of alkyl carbamates (subject to hydrolysis) is 2. The van der Waals surface area contributed by atoms with Crippen LogP contribution in [-0.4, -0.2) is 82.3 Å². The summed E-state index contributed by atoms with van der Waals surface area (Å²) < 4.78 is 11.9. The highest BCUT2D eigenvalue weighted by Crippen LogP contribution is 2.23. The molecule has 53 heavy (non-hydrogen) atoms. The minimum atomic E-state index is -1.09. The maximum atomic E-state index is 13.9. The van der Waals surface area contributed by atoms with Crippen molar-refractivity contribution in [3.63, 3.8) is 0 Å². The number of ether oxygens (including phenoxy) is 2. The first-order valence-electron chi connectivity index (χ1n) is 17.8. The summed E-state index contributed by atoms with van der Waals surface area (Å²) in [4.78, 5) is 44.0. The van der Waals surface area contributed by atoms with Crippen LogP contribution in [-0.2, 0) is 33.7 Å². The quantitative estimate of drug-likeness (QED) is 0.0912. The molecule has 0 aliphatic rings. The zero-order valence-electron chi connectivity index (χ0n) is 31.3. The lowest BCUT2D eigenvalue weighted by atomic mass is 9.85. The second-order valence-electron chi connectivity index (χ2n) is 15.1. The Balaban J connectivity index is 1.40. The van der Waals surface area contributed by atoms with E-state index in [0.717, 1.165) is 21.3 Å². The van der Waals surface area contributed by atoms with Gasteiger partial charge in [0, 0.05) is 13.1 Å². The smallest absolute Gasteiger partial charge is 0.408 e. The lowest BCUT2D eigenvalue weighted by Gasteiger charge is -2.33. The lowest BCUT2D eigenvalue weighted by Crippen LogP contribution is -2.58. The lowest BCUT2D eigenvalue weighted by molar-refractivity contribution is -0.127. The Hall–Kier alpha value is -4.56. The van der Waals surface area contributed by atoms with Crippen LogP contribution >= 0.6 is 11.3 Å². The highest BCUT2D eigenvalue weighted by molar-refractivity contribution is 7.18. The van der Waals surface area contributed by atoms with Crippen molar-refractivity contribution in [2.45, 2.75) is 96.9 Å². The number of carbonyl (C=O) groups is 3. The van der Waals surface area contributed by atoms with Crippen molar-refractivity contribution in [3.8, 4) is 0 Å². The van der Waals surface area contributed by atoms with E-state index in [1.807, 2.05) is 106 Å². The van der Waals surface area contributed by atoms with Gasteiger partial charge in [-0.2, -0.15) is 0 Å². The van der Waals surface area contributed by atoms with Gasteiger partial charge in [-0.15, -0.1) is 11.3 Å². The van der Waals surface area contributed by atoms with Gasteiger partial charge in [-0.1, -0.05) is 93.6 Å². The van der Waals surface area contributed by atoms with Crippen LogP contribution in [0.4, 0.5) is 9.59 Å². The minimum absolute atomic E-state index is 0.0111. The molecule has 0 saturated carbocycles. The number of hydrogen-bond donors (Lipinski definition) is 6. The molecular formula is C40H53N5O7S. The van der Waals surface area contributed by atoms with Crippen LogP contribution in [0.3, 0.4) is 0 Å². The number of hydrogen-bond acceptors (Lipinski definition) is 10. The van der Waals surface area contributed by atoms with Gasteiger partial charge in [0.15, 0.2) is 0 Å². The number of para-hydroxylation sites is 1. The summed E-state index contributed by atoms with van der Waals surface area (Å²) in [5.74, 6) is -0.487. The summed E-state index contributed by atoms with van der Waals surface area (Å²) in [6, 6.07) is 24.1. The van der Waals surface area contributed by atoms with E-state index >= 15 is 0 Å². The molecule has 286 valence electrons. The number of nitrogens with zero attached hydrogens (tertiary/aromatic N) is 1. The molecule has 0 aliphatic carbocycles. The second-order valence-corrected chi connectivity index (χ2v) is 16.3. The van der Waals surface area contributed by atoms with E-state index in [1.54, 1.807) is 20.8 Å². The first-order chi connectivity index (χ1) is 25.1. The van der Waals surface area contributed by atoms with Crippen molar-refractivity contribution in [2.24, 2.45) is 5.41 Å². The molecule has 1 heterocycles. The normalized spacial score (nSPS) is 14.7. The van der Waals surface area contributed by atoms with E-state index in [-0.39, 0.29) is 19.7 Å². The van der Waals surface area contributed by atoms with Crippen molar-refractivity contribution in [1.82, 2.24) is 26.3 Å². The second kappa shape index (κ2) is 19.0. The number of fused-ring (bicyclic) bond motifs is 1. The Kier molecular flexibility index (Phi) is 14.7. The van der Waals surface area contributed by atoms with Crippen molar-refractivity contribution in [1.29, 1.82) is 0 Å². The molecule has 0 saturated heterocycles. The standard InChI is InChI=1S/C40H53N5O7S/c1-39(2,3)35(45-37(49)51-25-34-42-28-19-13-14-20-33(28)53-34)36(48)43-29(21-26-15-9-7-10-16-26)31(46)23-41-24-32(47)30(22-27-17-11-8-12-18-27)44-38(50)52-40(4,5)6/h7-20,29-32,35,41,46-47H,21-25H2,1-6H3,(H,43,48)(H,44,50)(H,45,49)/t29-,30-,31+,32+,35+/m0/s1. The Morgan fingerprint density at radius 1 is 0.717 bits per heavy atom. The van der Waals surface area contributed by atoms with E-state index in [2.05, 4.69) is 26.3 Å². The molecule has 3 amide bonds. The monoisotopic (exact) mass is 747 g/mol. The Bertz CT molecular complexity index is 1720. The molecule has 0 spiro atoms. The third-order valence-corrected chi connectivity index (χ3v) is 9.33. The number of amides is 3. The average molecular weight is 748 g/mol. The van der Waals surface area contributed by atoms with Crippen molar-refractivity contribution in [3.05, 3.63) is 101 Å². The van der Waals surface area contributed by atoms with Gasteiger partial charge in [0.2, 0.25) is 5.91 Å². The van der Waals surface area contributed by atoms with E-state index in [0.29, 0.717) is 17.8 Å². The summed E-state index contributed by atoms with van der Waals surface area (Å²) in [6.07, 6.45) is -2.90. The highest BCUT2D eigenvalue weighted by Gasteiger charge is 2.36. The van der Waals surface area contributed by atoms with Gasteiger partial charge in [0.1, 0.15) is 23.3 Å². The molecule has 3 aromatic carbocycles. The number of thiazole rings is 1. The molecule has 1 aromatic heterocycles. The Labute approximate surface area is 315 Å². The maximum absolute atomic E-state index is 13.9. The largest absolute Gasteiger partial charge is 0.444 e. The van der Waals surface area contributed by atoms with Crippen LogP contribution < -0.4 is 21.3 Å². The molecular weight excluding hydrogens is 695 g/mol. The van der Waals surface area contributed by atoms with Crippen LogP contribution in [0.5, 0.6) is 0 Å². The third-order valence-electron chi connectivity index (χ3n) is 8.32. The van der Waals surface area contributed by atoms with Crippen LogP contribution in [0.25, 0.3) is 10.2 Å². The minimum Gasteiger partial charge on any atom is -0.444 e. The first kappa shape index (κ1) is 41.2. The predicted octanol–water partition coefficient (Wildman–Crippen LogP) is 5.11. The molecule has 6 N–H and O–H groups in total. The molecule has 0 fully saturated rings. The number of aliphatic hydroxyl groups excluding tert-OH is 2. The van der Waals surface area contributed by atoms with Gasteiger partial charge in [-0.05, 0) is 62.3 Å². The molecule has 13 heteroatoms. The molecule has 0 aliphatic heterocycles. The number of aliphatic hydroxyl groups is 2. The number of aromatic nitrogens is 1. The molecule has 4 aromatic rings. The fourth-order valence-corrected chi connectivity index (χ4v) is 6.52. The van der Waals surface area contributed by atoms with Crippen LogP contribution in [0, 0.1) is 5.41 Å². The molecule has 12 nitrogen and oxygen atoms in total. The first-order valence-corrected chi connectivity index (χ1v) is 18.6. The zero-order chi connectivity index (χ0) is 38.6. The van der Waals surface area contributed by atoms with Gasteiger partial charge >= 0.3 is 12.2 Å². The number of rotatable bonds is 16. The van der Waals surface area contributed by atoms with Gasteiger partial charge in [-0.25, -0.2) is 14.6 Å². The van der Waals surface area contributed by atoms with E-state index < -0.39 is 59.4 Å². The fraction of sp³-hybridized carbons (Fsp3) is 0.450. The predicted molar refractivity (Wildman–Crippen MR) is 206 cm³/mol. The Morgan fingerprint density at radius 3 is 1.77 bits per heavy atom. The molecule has 5 atom stereocenters. The molecule has 0 radical (unpaired) electrons. The topological polar surface area (TPSA) is 171 Å². The summed E-state index contributed by atoms with van der Waals surface area (Å²) in [6.45, 7) is 10.8. The highest BCUT2D eigenvalue weighted by atomic mass is 32.1. The van der Waals surface area contributed by atoms with E-state index in [9.17, 15) is 24.6 Å². The number of carbonyl (C=O) groups excluding carboxylic acids is 3. The summed E-state index contributed by atoms with van der Waals surface area (Å²) in [7, 11) is 0. The third kappa shape index (κ3) is 13.7. The summed E-state index contributed by atoms with van der Waals surface area (Å²) in [5.41, 5.74) is 1.20. The summed E-state index contributed by atoms with van der Waals surface area (Å²) in [5, 5.41) is 34.9. The van der Waals surface area contributed by atoms with Crippen molar-refractivity contribution in [2.75, 3.05) is 13.1 Å². The summed E-state index contributed by atoms with van der Waals surface area (Å²) >= 11 is 1.43. The molecule has 0 bridgehead atoms. The van der Waals surface area contributed by atoms with E-state index in [4.69, 9.17) is 9.47 Å². The van der Waals surface area contributed by atoms with Crippen molar-refractivity contribution < 1.29 is 34.1 Å². The average Bonchev–Trinajstić information content (AvgIpc) is 3.52. The molecule has 0 unspecified atom stereocenters. The SMILES string of the molecule is CC(C)(C)OC(=O)N[C@@H](Cc1ccccc1)[C@H](O)CNC[C@@H](O)[C@H](Cc1ccccc1)NC(=O)[C@@H](NC(=O)OCc1nc2ccccc2s1)C(C)(C)C. The maximum Gasteiger partial charge on any atom is 0.408 e. The van der Waals surface area contributed by atoms with Gasteiger partial charge in [0.05, 0.1) is 34.5 Å². The zero-order valence-corrected chi connectivity index (χ0v) is 32.1. The van der Waals surface area contributed by atoms with Crippen LogP contribution in [0.1, 0.15) is 57.7 Å². The van der Waals surface area contributed by atoms with Crippen molar-refractivity contribution >= 4 is 39.6 Å². The van der Waals surface area contributed by atoms with Gasteiger partial charge < -0.3 is 41.0 Å². The van der Waals surface area contributed by atoms with Crippen LogP contribution in [0.2, 0.25) is 0 Å². The Morgan fingerprint density at radius 2 is 1.25 bits per heavy atom.